The van der Waals surface area contributed by atoms with Crippen molar-refractivity contribution in [3.8, 4) is 5.75 Å². The summed E-state index contributed by atoms with van der Waals surface area (Å²) in [7, 11) is 0. The number of morpholine rings is 1. The van der Waals surface area contributed by atoms with Crippen LogP contribution in [0.2, 0.25) is 0 Å². The number of hydrogen-bond acceptors (Lipinski definition) is 3. The molecule has 0 spiro atoms. The minimum absolute atomic E-state index is 0. The van der Waals surface area contributed by atoms with Gasteiger partial charge in [-0.05, 0) is 24.2 Å². The summed E-state index contributed by atoms with van der Waals surface area (Å²) in [6.07, 6.45) is 1.06. The lowest BCUT2D eigenvalue weighted by Gasteiger charge is -2.31. The van der Waals surface area contributed by atoms with Crippen LogP contribution in [-0.4, -0.2) is 44.4 Å². The average molecular weight is 384 g/mol. The van der Waals surface area contributed by atoms with Crippen LogP contribution in [0.5, 0.6) is 5.75 Å². The van der Waals surface area contributed by atoms with Crippen molar-refractivity contribution in [3.63, 3.8) is 0 Å². The third-order valence-corrected chi connectivity index (χ3v) is 4.82. The maximum atomic E-state index is 6.41. The standard InChI is InChI=1S/C22H37NO2.ClH/c1-17-15-18(21(2,3)4)20(19(16-17)22(5,6)7)25-12-8-9-23-10-13-24-14-11-23;/h15-16H,8-14H2,1-7H3;1H. The molecule has 0 radical (unpaired) electrons. The molecule has 0 amide bonds. The van der Waals surface area contributed by atoms with E-state index >= 15 is 0 Å². The summed E-state index contributed by atoms with van der Waals surface area (Å²) in [6.45, 7) is 21.5. The van der Waals surface area contributed by atoms with Crippen LogP contribution in [0.15, 0.2) is 12.1 Å². The quantitative estimate of drug-likeness (QED) is 0.659. The van der Waals surface area contributed by atoms with E-state index in [1.165, 1.54) is 16.7 Å². The lowest BCUT2D eigenvalue weighted by Crippen LogP contribution is -2.37. The summed E-state index contributed by atoms with van der Waals surface area (Å²) >= 11 is 0. The van der Waals surface area contributed by atoms with Crippen molar-refractivity contribution in [3.05, 3.63) is 28.8 Å². The van der Waals surface area contributed by atoms with Gasteiger partial charge in [0.25, 0.3) is 0 Å². The molecule has 0 unspecified atom stereocenters. The highest BCUT2D eigenvalue weighted by atomic mass is 35.5. The van der Waals surface area contributed by atoms with Gasteiger partial charge in [-0.15, -0.1) is 12.4 Å². The fourth-order valence-corrected chi connectivity index (χ4v) is 3.33. The zero-order valence-electron chi connectivity index (χ0n) is 17.8. The molecule has 26 heavy (non-hydrogen) atoms. The molecular weight excluding hydrogens is 346 g/mol. The van der Waals surface area contributed by atoms with E-state index in [1.54, 1.807) is 0 Å². The molecule has 1 fully saturated rings. The van der Waals surface area contributed by atoms with Crippen LogP contribution >= 0.6 is 12.4 Å². The lowest BCUT2D eigenvalue weighted by atomic mass is 9.78. The molecular formula is C22H38ClNO2. The van der Waals surface area contributed by atoms with E-state index in [-0.39, 0.29) is 23.2 Å². The van der Waals surface area contributed by atoms with E-state index in [0.717, 1.165) is 51.6 Å². The highest BCUT2D eigenvalue weighted by Gasteiger charge is 2.27. The summed E-state index contributed by atoms with van der Waals surface area (Å²) in [5.74, 6) is 1.10. The SMILES string of the molecule is Cc1cc(C(C)(C)C)c(OCCCN2CCOCC2)c(C(C)(C)C)c1.Cl. The lowest BCUT2D eigenvalue weighted by molar-refractivity contribution is 0.0357. The predicted molar refractivity (Wildman–Crippen MR) is 113 cm³/mol. The number of halogens is 1. The molecule has 1 aromatic rings. The Hall–Kier alpha value is -0.770. The van der Waals surface area contributed by atoms with Gasteiger partial charge in [0, 0.05) is 30.8 Å². The number of rotatable bonds is 5. The minimum atomic E-state index is 0. The second-order valence-electron chi connectivity index (χ2n) is 9.35. The van der Waals surface area contributed by atoms with Crippen molar-refractivity contribution in [1.29, 1.82) is 0 Å². The molecule has 0 bridgehead atoms. The largest absolute Gasteiger partial charge is 0.493 e. The Bertz CT molecular complexity index is 531. The highest BCUT2D eigenvalue weighted by molar-refractivity contribution is 5.85. The van der Waals surface area contributed by atoms with Crippen molar-refractivity contribution in [1.82, 2.24) is 4.90 Å². The van der Waals surface area contributed by atoms with Gasteiger partial charge in [0.15, 0.2) is 0 Å². The molecule has 0 atom stereocenters. The molecule has 0 N–H and O–H groups in total. The van der Waals surface area contributed by atoms with Crippen molar-refractivity contribution < 1.29 is 9.47 Å². The Morgan fingerprint density at radius 2 is 1.46 bits per heavy atom. The van der Waals surface area contributed by atoms with Crippen molar-refractivity contribution in [2.45, 2.75) is 65.7 Å². The molecule has 150 valence electrons. The molecule has 1 aromatic carbocycles. The maximum absolute atomic E-state index is 6.41. The summed E-state index contributed by atoms with van der Waals surface area (Å²) in [5.41, 5.74) is 4.11. The third-order valence-electron chi connectivity index (χ3n) is 4.82. The van der Waals surface area contributed by atoms with Crippen LogP contribution in [0.3, 0.4) is 0 Å². The fourth-order valence-electron chi connectivity index (χ4n) is 3.33. The van der Waals surface area contributed by atoms with Gasteiger partial charge in [-0.1, -0.05) is 59.2 Å². The summed E-state index contributed by atoms with van der Waals surface area (Å²) in [6, 6.07) is 4.60. The first-order valence-electron chi connectivity index (χ1n) is 9.67. The Labute approximate surface area is 166 Å². The van der Waals surface area contributed by atoms with Crippen LogP contribution < -0.4 is 4.74 Å². The maximum Gasteiger partial charge on any atom is 0.126 e. The fraction of sp³-hybridized carbons (Fsp3) is 0.727. The van der Waals surface area contributed by atoms with Gasteiger partial charge < -0.3 is 9.47 Å². The average Bonchev–Trinajstić information content (AvgIpc) is 2.51. The van der Waals surface area contributed by atoms with Gasteiger partial charge in [-0.25, -0.2) is 0 Å². The normalized spacial score (nSPS) is 16.3. The van der Waals surface area contributed by atoms with Gasteiger partial charge in [-0.2, -0.15) is 0 Å². The Morgan fingerprint density at radius 3 is 1.92 bits per heavy atom. The molecule has 2 rings (SSSR count). The van der Waals surface area contributed by atoms with Crippen LogP contribution in [0.4, 0.5) is 0 Å². The van der Waals surface area contributed by atoms with Crippen molar-refractivity contribution in [2.24, 2.45) is 0 Å². The van der Waals surface area contributed by atoms with E-state index in [1.807, 2.05) is 0 Å². The molecule has 1 saturated heterocycles. The van der Waals surface area contributed by atoms with Crippen LogP contribution in [-0.2, 0) is 15.6 Å². The predicted octanol–water partition coefficient (Wildman–Crippen LogP) is 5.11. The monoisotopic (exact) mass is 383 g/mol. The van der Waals surface area contributed by atoms with Gasteiger partial charge >= 0.3 is 0 Å². The van der Waals surface area contributed by atoms with E-state index in [0.29, 0.717) is 0 Å². The Morgan fingerprint density at radius 1 is 0.962 bits per heavy atom. The van der Waals surface area contributed by atoms with Gasteiger partial charge in [0.2, 0.25) is 0 Å². The Kier molecular flexibility index (Phi) is 8.44. The summed E-state index contributed by atoms with van der Waals surface area (Å²) in [4.78, 5) is 2.47. The smallest absolute Gasteiger partial charge is 0.126 e. The van der Waals surface area contributed by atoms with Gasteiger partial charge in [-0.3, -0.25) is 4.90 Å². The second-order valence-corrected chi connectivity index (χ2v) is 9.35. The molecule has 0 aliphatic carbocycles. The van der Waals surface area contributed by atoms with E-state index in [9.17, 15) is 0 Å². The zero-order valence-corrected chi connectivity index (χ0v) is 18.6. The van der Waals surface area contributed by atoms with E-state index in [4.69, 9.17) is 9.47 Å². The molecule has 1 aliphatic heterocycles. The number of benzene rings is 1. The Balaban J connectivity index is 0.00000338. The number of nitrogens with zero attached hydrogens (tertiary/aromatic N) is 1. The van der Waals surface area contributed by atoms with E-state index < -0.39 is 0 Å². The topological polar surface area (TPSA) is 21.7 Å². The van der Waals surface area contributed by atoms with Crippen LogP contribution in [0.1, 0.15) is 64.7 Å². The van der Waals surface area contributed by atoms with Crippen LogP contribution in [0.25, 0.3) is 0 Å². The summed E-state index contributed by atoms with van der Waals surface area (Å²) in [5, 5.41) is 0. The number of aryl methyl sites for hydroxylation is 1. The zero-order chi connectivity index (χ0) is 18.7. The molecule has 1 aliphatic rings. The number of hydrogen-bond donors (Lipinski definition) is 0. The minimum Gasteiger partial charge on any atom is -0.493 e. The molecule has 1 heterocycles. The number of ether oxygens (including phenoxy) is 2. The second kappa shape index (κ2) is 9.43. The summed E-state index contributed by atoms with van der Waals surface area (Å²) < 4.78 is 11.8. The molecule has 4 heteroatoms. The van der Waals surface area contributed by atoms with Gasteiger partial charge in [0.05, 0.1) is 19.8 Å². The first-order valence-corrected chi connectivity index (χ1v) is 9.67. The first kappa shape index (κ1) is 23.3. The first-order chi connectivity index (χ1) is 11.6. The molecule has 0 saturated carbocycles. The molecule has 0 aromatic heterocycles. The van der Waals surface area contributed by atoms with Gasteiger partial charge in [0.1, 0.15) is 5.75 Å². The van der Waals surface area contributed by atoms with Crippen LogP contribution in [0, 0.1) is 6.92 Å². The highest BCUT2D eigenvalue weighted by Crippen LogP contribution is 2.40. The third kappa shape index (κ3) is 6.44. The van der Waals surface area contributed by atoms with E-state index in [2.05, 4.69) is 65.5 Å². The van der Waals surface area contributed by atoms with Crippen molar-refractivity contribution in [2.75, 3.05) is 39.5 Å². The molecule has 3 nitrogen and oxygen atoms in total. The van der Waals surface area contributed by atoms with Crippen molar-refractivity contribution >= 4 is 12.4 Å².